The molecular weight excluding hydrogens is 268 g/mol. The van der Waals surface area contributed by atoms with Crippen LogP contribution in [0.4, 0.5) is 0 Å². The zero-order chi connectivity index (χ0) is 13.9. The van der Waals surface area contributed by atoms with E-state index in [0.29, 0.717) is 0 Å². The normalized spacial score (nSPS) is 10.7. The number of rotatable bonds is 3. The van der Waals surface area contributed by atoms with Gasteiger partial charge in [-0.2, -0.15) is 12.6 Å². The van der Waals surface area contributed by atoms with Gasteiger partial charge < -0.3 is 4.52 Å². The lowest BCUT2D eigenvalue weighted by atomic mass is 10.00. The van der Waals surface area contributed by atoms with E-state index in [-0.39, 0.29) is 0 Å². The SMILES string of the molecule is Cc1onc(-c2ccc(CS)cc2)c1-c1ccncc1. The molecule has 0 fully saturated rings. The zero-order valence-electron chi connectivity index (χ0n) is 11.1. The highest BCUT2D eigenvalue weighted by atomic mass is 32.1. The largest absolute Gasteiger partial charge is 0.360 e. The molecule has 2 aromatic heterocycles. The van der Waals surface area contributed by atoms with Crippen molar-refractivity contribution in [3.05, 3.63) is 60.1 Å². The van der Waals surface area contributed by atoms with Crippen molar-refractivity contribution in [1.29, 1.82) is 0 Å². The van der Waals surface area contributed by atoms with Gasteiger partial charge in [0.25, 0.3) is 0 Å². The fourth-order valence-corrected chi connectivity index (χ4v) is 2.41. The lowest BCUT2D eigenvalue weighted by Crippen LogP contribution is -1.85. The molecule has 2 heterocycles. The van der Waals surface area contributed by atoms with E-state index in [9.17, 15) is 0 Å². The van der Waals surface area contributed by atoms with Crippen molar-refractivity contribution in [2.24, 2.45) is 0 Å². The number of aryl methyl sites for hydroxylation is 1. The lowest BCUT2D eigenvalue weighted by molar-refractivity contribution is 0.400. The summed E-state index contributed by atoms with van der Waals surface area (Å²) < 4.78 is 5.38. The highest BCUT2D eigenvalue weighted by Gasteiger charge is 2.16. The summed E-state index contributed by atoms with van der Waals surface area (Å²) in [5.41, 5.74) is 5.17. The third-order valence-corrected chi connectivity index (χ3v) is 3.61. The molecule has 0 saturated heterocycles. The topological polar surface area (TPSA) is 38.9 Å². The number of thiol groups is 1. The minimum atomic E-state index is 0.731. The Bertz CT molecular complexity index is 705. The van der Waals surface area contributed by atoms with Gasteiger partial charge >= 0.3 is 0 Å². The lowest BCUT2D eigenvalue weighted by Gasteiger charge is -2.03. The summed E-state index contributed by atoms with van der Waals surface area (Å²) in [7, 11) is 0. The van der Waals surface area contributed by atoms with E-state index in [1.54, 1.807) is 12.4 Å². The van der Waals surface area contributed by atoms with Crippen molar-refractivity contribution in [2.75, 3.05) is 0 Å². The number of nitrogens with zero attached hydrogens (tertiary/aromatic N) is 2. The van der Waals surface area contributed by atoms with Gasteiger partial charge in [0.1, 0.15) is 11.5 Å². The summed E-state index contributed by atoms with van der Waals surface area (Å²) >= 11 is 4.27. The van der Waals surface area contributed by atoms with Crippen molar-refractivity contribution in [3.63, 3.8) is 0 Å². The van der Waals surface area contributed by atoms with Crippen LogP contribution < -0.4 is 0 Å². The smallest absolute Gasteiger partial charge is 0.142 e. The first-order valence-corrected chi connectivity index (χ1v) is 6.99. The van der Waals surface area contributed by atoms with E-state index in [1.165, 1.54) is 5.56 Å². The minimum absolute atomic E-state index is 0.731. The Morgan fingerprint density at radius 1 is 1.00 bits per heavy atom. The summed E-state index contributed by atoms with van der Waals surface area (Å²) in [6.07, 6.45) is 3.55. The van der Waals surface area contributed by atoms with Gasteiger partial charge in [-0.25, -0.2) is 0 Å². The fourth-order valence-electron chi connectivity index (χ4n) is 2.20. The van der Waals surface area contributed by atoms with Gasteiger partial charge in [0.15, 0.2) is 0 Å². The maximum atomic E-state index is 5.38. The second-order valence-electron chi connectivity index (χ2n) is 4.55. The van der Waals surface area contributed by atoms with Crippen LogP contribution in [0.15, 0.2) is 53.3 Å². The van der Waals surface area contributed by atoms with Gasteiger partial charge in [-0.15, -0.1) is 0 Å². The van der Waals surface area contributed by atoms with Gasteiger partial charge in [-0.3, -0.25) is 4.98 Å². The van der Waals surface area contributed by atoms with E-state index in [4.69, 9.17) is 4.52 Å². The van der Waals surface area contributed by atoms with E-state index in [2.05, 4.69) is 34.9 Å². The summed E-state index contributed by atoms with van der Waals surface area (Å²) in [5.74, 6) is 1.54. The molecule has 0 saturated carbocycles. The molecule has 0 unspecified atom stereocenters. The first kappa shape index (κ1) is 12.9. The highest BCUT2D eigenvalue weighted by molar-refractivity contribution is 7.79. The number of pyridine rings is 1. The van der Waals surface area contributed by atoms with Crippen LogP contribution in [0.2, 0.25) is 0 Å². The van der Waals surface area contributed by atoms with E-state index in [0.717, 1.165) is 33.9 Å². The molecule has 3 aromatic rings. The van der Waals surface area contributed by atoms with E-state index in [1.807, 2.05) is 31.2 Å². The predicted octanol–water partition coefficient (Wildman–Crippen LogP) is 4.14. The third kappa shape index (κ3) is 2.34. The molecule has 0 radical (unpaired) electrons. The Hall–Kier alpha value is -2.07. The molecule has 0 atom stereocenters. The average Bonchev–Trinajstić information content (AvgIpc) is 2.90. The molecule has 3 rings (SSSR count). The van der Waals surface area contributed by atoms with Crippen molar-refractivity contribution >= 4 is 12.6 Å². The van der Waals surface area contributed by atoms with Crippen LogP contribution in [0.5, 0.6) is 0 Å². The molecule has 100 valence electrons. The number of benzene rings is 1. The number of aromatic nitrogens is 2. The fraction of sp³-hybridized carbons (Fsp3) is 0.125. The highest BCUT2D eigenvalue weighted by Crippen LogP contribution is 2.33. The Labute approximate surface area is 123 Å². The van der Waals surface area contributed by atoms with Gasteiger partial charge in [0.05, 0.1) is 5.56 Å². The maximum Gasteiger partial charge on any atom is 0.142 e. The van der Waals surface area contributed by atoms with Gasteiger partial charge in [0, 0.05) is 23.7 Å². The first-order valence-electron chi connectivity index (χ1n) is 6.36. The van der Waals surface area contributed by atoms with Crippen LogP contribution in [0.3, 0.4) is 0 Å². The first-order chi connectivity index (χ1) is 9.79. The van der Waals surface area contributed by atoms with E-state index >= 15 is 0 Å². The van der Waals surface area contributed by atoms with Crippen LogP contribution in [0.1, 0.15) is 11.3 Å². The molecular formula is C16H14N2OS. The second-order valence-corrected chi connectivity index (χ2v) is 4.87. The van der Waals surface area contributed by atoms with Crippen LogP contribution in [0, 0.1) is 6.92 Å². The quantitative estimate of drug-likeness (QED) is 0.734. The van der Waals surface area contributed by atoms with Crippen molar-refractivity contribution in [3.8, 4) is 22.4 Å². The van der Waals surface area contributed by atoms with Gasteiger partial charge in [-0.05, 0) is 30.2 Å². The molecule has 0 N–H and O–H groups in total. The Morgan fingerprint density at radius 2 is 1.70 bits per heavy atom. The molecule has 0 aliphatic rings. The Balaban J connectivity index is 2.11. The molecule has 0 aliphatic carbocycles. The molecule has 0 spiro atoms. The third-order valence-electron chi connectivity index (χ3n) is 3.24. The van der Waals surface area contributed by atoms with Crippen LogP contribution >= 0.6 is 12.6 Å². The van der Waals surface area contributed by atoms with Crippen LogP contribution in [-0.4, -0.2) is 10.1 Å². The summed E-state index contributed by atoms with van der Waals surface area (Å²) in [6, 6.07) is 12.1. The van der Waals surface area contributed by atoms with Gasteiger partial charge in [0.2, 0.25) is 0 Å². The molecule has 0 aliphatic heterocycles. The molecule has 0 amide bonds. The van der Waals surface area contributed by atoms with Gasteiger partial charge in [-0.1, -0.05) is 29.4 Å². The van der Waals surface area contributed by atoms with E-state index < -0.39 is 0 Å². The van der Waals surface area contributed by atoms with Crippen LogP contribution in [0.25, 0.3) is 22.4 Å². The van der Waals surface area contributed by atoms with Crippen LogP contribution in [-0.2, 0) is 5.75 Å². The molecule has 4 heteroatoms. The summed E-state index contributed by atoms with van der Waals surface area (Å²) in [6.45, 7) is 1.92. The van der Waals surface area contributed by atoms with Crippen molar-refractivity contribution in [2.45, 2.75) is 12.7 Å². The monoisotopic (exact) mass is 282 g/mol. The number of hydrogen-bond acceptors (Lipinski definition) is 4. The van der Waals surface area contributed by atoms with Crippen molar-refractivity contribution in [1.82, 2.24) is 10.1 Å². The molecule has 20 heavy (non-hydrogen) atoms. The molecule has 3 nitrogen and oxygen atoms in total. The Kier molecular flexibility index (Phi) is 3.56. The summed E-state index contributed by atoms with van der Waals surface area (Å²) in [4.78, 5) is 4.05. The Morgan fingerprint density at radius 3 is 2.35 bits per heavy atom. The maximum absolute atomic E-state index is 5.38. The predicted molar refractivity (Wildman–Crippen MR) is 82.6 cm³/mol. The standard InChI is InChI=1S/C16H14N2OS/c1-11-15(13-6-8-17-9-7-13)16(18-19-11)14-4-2-12(10-20)3-5-14/h2-9,20H,10H2,1H3. The number of hydrogen-bond donors (Lipinski definition) is 1. The average molecular weight is 282 g/mol. The molecule has 0 bridgehead atoms. The van der Waals surface area contributed by atoms with Crippen molar-refractivity contribution < 1.29 is 4.52 Å². The summed E-state index contributed by atoms with van der Waals surface area (Å²) in [5, 5.41) is 4.20. The zero-order valence-corrected chi connectivity index (χ0v) is 12.0. The minimum Gasteiger partial charge on any atom is -0.360 e. The molecule has 1 aromatic carbocycles. The second kappa shape index (κ2) is 5.51.